The van der Waals surface area contributed by atoms with Gasteiger partial charge in [0.2, 0.25) is 0 Å². The van der Waals surface area contributed by atoms with Crippen LogP contribution in [0.2, 0.25) is 0 Å². The summed E-state index contributed by atoms with van der Waals surface area (Å²) in [6.07, 6.45) is 6.96. The van der Waals surface area contributed by atoms with Crippen molar-refractivity contribution in [3.05, 3.63) is 65.5 Å². The second kappa shape index (κ2) is 5.49. The Bertz CT molecular complexity index is 640. The summed E-state index contributed by atoms with van der Waals surface area (Å²) in [6.45, 7) is 2.34. The zero-order valence-electron chi connectivity index (χ0n) is 12.1. The summed E-state index contributed by atoms with van der Waals surface area (Å²) >= 11 is 0. The average molecular weight is 280 g/mol. The first kappa shape index (κ1) is 12.8. The average Bonchev–Trinajstić information content (AvgIpc) is 3.31. The SMILES string of the molecule is C1=CC(c2cc(C3CC3)nn2Cc2ccccc2)COC1. The summed E-state index contributed by atoms with van der Waals surface area (Å²) in [5.74, 6) is 1.02. The van der Waals surface area contributed by atoms with Gasteiger partial charge in [-0.05, 0) is 24.5 Å². The minimum Gasteiger partial charge on any atom is -0.376 e. The van der Waals surface area contributed by atoms with Gasteiger partial charge in [-0.25, -0.2) is 0 Å². The van der Waals surface area contributed by atoms with Crippen LogP contribution in [0.3, 0.4) is 0 Å². The Balaban J connectivity index is 1.66. The predicted molar refractivity (Wildman–Crippen MR) is 82.4 cm³/mol. The molecule has 3 heteroatoms. The second-order valence-electron chi connectivity index (χ2n) is 5.98. The number of benzene rings is 1. The second-order valence-corrected chi connectivity index (χ2v) is 5.98. The first-order chi connectivity index (χ1) is 10.4. The normalized spacial score (nSPS) is 21.6. The van der Waals surface area contributed by atoms with Crippen LogP contribution in [0.4, 0.5) is 0 Å². The van der Waals surface area contributed by atoms with Crippen LogP contribution in [0.1, 0.15) is 41.6 Å². The molecule has 2 aliphatic rings. The van der Waals surface area contributed by atoms with Crippen LogP contribution in [0, 0.1) is 0 Å². The first-order valence-corrected chi connectivity index (χ1v) is 7.76. The van der Waals surface area contributed by atoms with Gasteiger partial charge >= 0.3 is 0 Å². The molecule has 1 atom stereocenters. The van der Waals surface area contributed by atoms with E-state index in [0.717, 1.165) is 19.8 Å². The van der Waals surface area contributed by atoms with Gasteiger partial charge in [-0.15, -0.1) is 0 Å². The Morgan fingerprint density at radius 3 is 2.76 bits per heavy atom. The molecule has 2 aromatic rings. The van der Waals surface area contributed by atoms with Gasteiger partial charge in [-0.1, -0.05) is 42.5 Å². The van der Waals surface area contributed by atoms with Gasteiger partial charge in [0.05, 0.1) is 25.5 Å². The van der Waals surface area contributed by atoms with Crippen molar-refractivity contribution in [2.24, 2.45) is 0 Å². The Labute approximate surface area is 125 Å². The van der Waals surface area contributed by atoms with Crippen LogP contribution in [-0.4, -0.2) is 23.0 Å². The number of hydrogen-bond donors (Lipinski definition) is 0. The zero-order valence-corrected chi connectivity index (χ0v) is 12.1. The molecule has 1 fully saturated rings. The maximum absolute atomic E-state index is 5.60. The first-order valence-electron chi connectivity index (χ1n) is 7.76. The Morgan fingerprint density at radius 1 is 1.19 bits per heavy atom. The maximum atomic E-state index is 5.60. The van der Waals surface area contributed by atoms with E-state index in [1.54, 1.807) is 0 Å². The van der Waals surface area contributed by atoms with E-state index in [0.29, 0.717) is 11.8 Å². The minimum absolute atomic E-state index is 0.336. The molecular formula is C18H20N2O. The molecule has 1 aromatic heterocycles. The lowest BCUT2D eigenvalue weighted by atomic mass is 10.0. The fourth-order valence-electron chi connectivity index (χ4n) is 2.93. The van der Waals surface area contributed by atoms with Crippen LogP contribution in [0.5, 0.6) is 0 Å². The molecule has 1 aromatic carbocycles. The molecule has 21 heavy (non-hydrogen) atoms. The third-order valence-electron chi connectivity index (χ3n) is 4.26. The summed E-state index contributed by atoms with van der Waals surface area (Å²) in [6, 6.07) is 12.9. The monoisotopic (exact) mass is 280 g/mol. The topological polar surface area (TPSA) is 27.1 Å². The van der Waals surface area contributed by atoms with E-state index in [2.05, 4.69) is 53.2 Å². The minimum atomic E-state index is 0.336. The van der Waals surface area contributed by atoms with E-state index >= 15 is 0 Å². The molecule has 1 aliphatic carbocycles. The van der Waals surface area contributed by atoms with E-state index in [-0.39, 0.29) is 0 Å². The fourth-order valence-corrected chi connectivity index (χ4v) is 2.93. The molecule has 0 radical (unpaired) electrons. The van der Waals surface area contributed by atoms with Gasteiger partial charge in [0.25, 0.3) is 0 Å². The Morgan fingerprint density at radius 2 is 2.05 bits per heavy atom. The highest BCUT2D eigenvalue weighted by Gasteiger charge is 2.28. The lowest BCUT2D eigenvalue weighted by Gasteiger charge is -2.18. The van der Waals surface area contributed by atoms with Gasteiger partial charge in [0.15, 0.2) is 0 Å². The number of nitrogens with zero attached hydrogens (tertiary/aromatic N) is 2. The molecule has 0 bridgehead atoms. The molecule has 108 valence electrons. The highest BCUT2D eigenvalue weighted by atomic mass is 16.5. The largest absolute Gasteiger partial charge is 0.376 e. The van der Waals surface area contributed by atoms with Crippen LogP contribution >= 0.6 is 0 Å². The molecule has 0 amide bonds. The van der Waals surface area contributed by atoms with Crippen molar-refractivity contribution in [3.63, 3.8) is 0 Å². The summed E-state index contributed by atoms with van der Waals surface area (Å²) in [5.41, 5.74) is 3.85. The van der Waals surface area contributed by atoms with E-state index in [4.69, 9.17) is 9.84 Å². The van der Waals surface area contributed by atoms with Crippen molar-refractivity contribution in [1.29, 1.82) is 0 Å². The number of rotatable bonds is 4. The molecule has 0 N–H and O–H groups in total. The fraction of sp³-hybridized carbons (Fsp3) is 0.389. The molecule has 4 rings (SSSR count). The highest BCUT2D eigenvalue weighted by molar-refractivity contribution is 5.26. The van der Waals surface area contributed by atoms with E-state index in [1.165, 1.54) is 29.8 Å². The molecular weight excluding hydrogens is 260 g/mol. The van der Waals surface area contributed by atoms with Crippen molar-refractivity contribution in [2.45, 2.75) is 31.2 Å². The molecule has 2 heterocycles. The van der Waals surface area contributed by atoms with Crippen molar-refractivity contribution < 1.29 is 4.74 Å². The Hall–Kier alpha value is -1.87. The standard InChI is InChI=1S/C18H20N2O/c1-2-5-14(6-3-1)12-20-18(16-7-4-10-21-13-16)11-17(19-20)15-8-9-15/h1-7,11,15-16H,8-10,12-13H2. The third-order valence-corrected chi connectivity index (χ3v) is 4.26. The van der Waals surface area contributed by atoms with Gasteiger partial charge in [-0.2, -0.15) is 5.10 Å². The van der Waals surface area contributed by atoms with Gasteiger partial charge in [-0.3, -0.25) is 4.68 Å². The molecule has 0 saturated heterocycles. The number of aromatic nitrogens is 2. The van der Waals surface area contributed by atoms with Crippen molar-refractivity contribution in [2.75, 3.05) is 13.2 Å². The smallest absolute Gasteiger partial charge is 0.0662 e. The molecule has 0 spiro atoms. The molecule has 1 unspecified atom stereocenters. The van der Waals surface area contributed by atoms with Crippen LogP contribution in [0.15, 0.2) is 48.6 Å². The van der Waals surface area contributed by atoms with Gasteiger partial charge in [0, 0.05) is 17.5 Å². The quantitative estimate of drug-likeness (QED) is 0.802. The van der Waals surface area contributed by atoms with Gasteiger partial charge < -0.3 is 4.74 Å². The van der Waals surface area contributed by atoms with Crippen LogP contribution in [-0.2, 0) is 11.3 Å². The predicted octanol–water partition coefficient (Wildman–Crippen LogP) is 3.48. The summed E-state index contributed by atoms with van der Waals surface area (Å²) < 4.78 is 7.77. The van der Waals surface area contributed by atoms with E-state index < -0.39 is 0 Å². The highest BCUT2D eigenvalue weighted by Crippen LogP contribution is 2.40. The van der Waals surface area contributed by atoms with Crippen molar-refractivity contribution >= 4 is 0 Å². The van der Waals surface area contributed by atoms with Crippen molar-refractivity contribution in [3.8, 4) is 0 Å². The summed E-state index contributed by atoms with van der Waals surface area (Å²) in [4.78, 5) is 0. The summed E-state index contributed by atoms with van der Waals surface area (Å²) in [7, 11) is 0. The van der Waals surface area contributed by atoms with E-state index in [1.807, 2.05) is 0 Å². The van der Waals surface area contributed by atoms with Crippen LogP contribution < -0.4 is 0 Å². The summed E-state index contributed by atoms with van der Waals surface area (Å²) in [5, 5.41) is 4.87. The number of hydrogen-bond acceptors (Lipinski definition) is 2. The van der Waals surface area contributed by atoms with Crippen molar-refractivity contribution in [1.82, 2.24) is 9.78 Å². The van der Waals surface area contributed by atoms with Crippen LogP contribution in [0.25, 0.3) is 0 Å². The lowest BCUT2D eigenvalue weighted by molar-refractivity contribution is 0.143. The lowest BCUT2D eigenvalue weighted by Crippen LogP contribution is -2.16. The Kier molecular flexibility index (Phi) is 3.36. The maximum Gasteiger partial charge on any atom is 0.0662 e. The zero-order chi connectivity index (χ0) is 14.1. The number of ether oxygens (including phenoxy) is 1. The molecule has 3 nitrogen and oxygen atoms in total. The third kappa shape index (κ3) is 2.79. The van der Waals surface area contributed by atoms with Gasteiger partial charge in [0.1, 0.15) is 0 Å². The molecule has 1 saturated carbocycles. The molecule has 1 aliphatic heterocycles. The van der Waals surface area contributed by atoms with E-state index in [9.17, 15) is 0 Å².